The number of hydrogen-bond acceptors (Lipinski definition) is 3. The zero-order valence-electron chi connectivity index (χ0n) is 12.0. The molecule has 2 rings (SSSR count). The number of likely N-dealkylation sites (N-methyl/N-ethyl adjacent to an activating group) is 1. The number of H-pyrrole nitrogens is 1. The molecule has 0 aliphatic heterocycles. The number of aryl methyl sites for hydroxylation is 2. The van der Waals surface area contributed by atoms with Gasteiger partial charge >= 0.3 is 0 Å². The molecule has 0 bridgehead atoms. The molecule has 0 spiro atoms. The molecule has 106 valence electrons. The molecule has 1 aromatic carbocycles. The van der Waals surface area contributed by atoms with Crippen molar-refractivity contribution in [2.45, 2.75) is 13.8 Å². The average molecular weight is 273 g/mol. The lowest BCUT2D eigenvalue weighted by Crippen LogP contribution is -2.31. The molecule has 0 saturated heterocycles. The minimum absolute atomic E-state index is 0.0518. The number of rotatable bonds is 5. The van der Waals surface area contributed by atoms with Gasteiger partial charge in [-0.3, -0.25) is 9.89 Å². The number of nitrogens with one attached hydrogen (secondary N) is 1. The number of ether oxygens (including phenoxy) is 1. The largest absolute Gasteiger partial charge is 0.492 e. The van der Waals surface area contributed by atoms with Crippen LogP contribution in [0.25, 0.3) is 0 Å². The first-order valence-electron chi connectivity index (χ1n) is 6.53. The molecule has 0 aliphatic carbocycles. The molecule has 1 amide bonds. The van der Waals surface area contributed by atoms with Gasteiger partial charge in [-0.05, 0) is 31.5 Å². The van der Waals surface area contributed by atoms with Gasteiger partial charge in [0.2, 0.25) is 0 Å². The molecule has 0 saturated carbocycles. The van der Waals surface area contributed by atoms with Crippen LogP contribution in [0.2, 0.25) is 0 Å². The summed E-state index contributed by atoms with van der Waals surface area (Å²) < 4.78 is 5.64. The van der Waals surface area contributed by atoms with Crippen molar-refractivity contribution in [1.82, 2.24) is 15.1 Å². The molecule has 1 aromatic heterocycles. The van der Waals surface area contributed by atoms with Crippen LogP contribution in [0.3, 0.4) is 0 Å². The molecule has 5 heteroatoms. The first-order valence-corrected chi connectivity index (χ1v) is 6.53. The van der Waals surface area contributed by atoms with Gasteiger partial charge in [0.25, 0.3) is 5.91 Å². The van der Waals surface area contributed by atoms with E-state index in [1.54, 1.807) is 18.1 Å². The van der Waals surface area contributed by atoms with Gasteiger partial charge in [-0.25, -0.2) is 0 Å². The van der Waals surface area contributed by atoms with Crippen LogP contribution in [0.5, 0.6) is 5.75 Å². The van der Waals surface area contributed by atoms with Crippen LogP contribution in [0.15, 0.2) is 30.5 Å². The van der Waals surface area contributed by atoms with Gasteiger partial charge in [0.1, 0.15) is 12.4 Å². The Hall–Kier alpha value is -2.30. The Morgan fingerprint density at radius 1 is 1.40 bits per heavy atom. The number of benzene rings is 1. The summed E-state index contributed by atoms with van der Waals surface area (Å²) in [5.41, 5.74) is 2.53. The van der Waals surface area contributed by atoms with Crippen molar-refractivity contribution in [2.24, 2.45) is 0 Å². The topological polar surface area (TPSA) is 58.2 Å². The highest BCUT2D eigenvalue weighted by Gasteiger charge is 2.15. The van der Waals surface area contributed by atoms with Gasteiger partial charge in [0.05, 0.1) is 18.3 Å². The number of amides is 1. The lowest BCUT2D eigenvalue weighted by Gasteiger charge is -2.17. The minimum Gasteiger partial charge on any atom is -0.492 e. The second-order valence-corrected chi connectivity index (χ2v) is 4.80. The van der Waals surface area contributed by atoms with E-state index in [1.807, 2.05) is 38.1 Å². The number of hydrogen-bond donors (Lipinski definition) is 1. The van der Waals surface area contributed by atoms with Gasteiger partial charge < -0.3 is 9.64 Å². The molecule has 0 atom stereocenters. The van der Waals surface area contributed by atoms with Gasteiger partial charge in [0.15, 0.2) is 0 Å². The van der Waals surface area contributed by atoms with Crippen molar-refractivity contribution in [3.8, 4) is 5.75 Å². The molecule has 2 aromatic rings. The quantitative estimate of drug-likeness (QED) is 0.908. The summed E-state index contributed by atoms with van der Waals surface area (Å²) in [6.45, 7) is 4.83. The smallest absolute Gasteiger partial charge is 0.257 e. The maximum Gasteiger partial charge on any atom is 0.257 e. The number of aromatic nitrogens is 2. The molecule has 1 heterocycles. The Balaban J connectivity index is 1.85. The normalized spacial score (nSPS) is 10.3. The van der Waals surface area contributed by atoms with E-state index in [9.17, 15) is 4.79 Å². The Morgan fingerprint density at radius 2 is 2.20 bits per heavy atom. The second kappa shape index (κ2) is 6.23. The lowest BCUT2D eigenvalue weighted by atomic mass is 10.2. The highest BCUT2D eigenvalue weighted by molar-refractivity contribution is 5.94. The maximum absolute atomic E-state index is 12.1. The van der Waals surface area contributed by atoms with Crippen LogP contribution in [0.1, 0.15) is 21.6 Å². The Labute approximate surface area is 118 Å². The van der Waals surface area contributed by atoms with Crippen LogP contribution < -0.4 is 4.74 Å². The van der Waals surface area contributed by atoms with Crippen molar-refractivity contribution in [1.29, 1.82) is 0 Å². The fourth-order valence-electron chi connectivity index (χ4n) is 1.88. The van der Waals surface area contributed by atoms with Crippen LogP contribution >= 0.6 is 0 Å². The van der Waals surface area contributed by atoms with Crippen LogP contribution in [-0.2, 0) is 0 Å². The predicted octanol–water partition coefficient (Wildman–Crippen LogP) is 2.18. The van der Waals surface area contributed by atoms with Crippen molar-refractivity contribution in [3.63, 3.8) is 0 Å². The van der Waals surface area contributed by atoms with Crippen molar-refractivity contribution < 1.29 is 9.53 Å². The first-order chi connectivity index (χ1) is 9.58. The zero-order chi connectivity index (χ0) is 14.5. The van der Waals surface area contributed by atoms with Gasteiger partial charge in [0, 0.05) is 12.7 Å². The van der Waals surface area contributed by atoms with E-state index < -0.39 is 0 Å². The Bertz CT molecular complexity index is 592. The summed E-state index contributed by atoms with van der Waals surface area (Å²) in [5, 5.41) is 6.62. The van der Waals surface area contributed by atoms with Crippen LogP contribution in [0, 0.1) is 13.8 Å². The summed E-state index contributed by atoms with van der Waals surface area (Å²) in [4.78, 5) is 13.8. The number of carbonyl (C=O) groups is 1. The number of carbonyl (C=O) groups excluding carboxylic acids is 1. The van der Waals surface area contributed by atoms with E-state index >= 15 is 0 Å². The van der Waals surface area contributed by atoms with Crippen LogP contribution in [-0.4, -0.2) is 41.2 Å². The van der Waals surface area contributed by atoms with E-state index in [-0.39, 0.29) is 5.91 Å². The van der Waals surface area contributed by atoms with Crippen molar-refractivity contribution in [3.05, 3.63) is 47.3 Å². The van der Waals surface area contributed by atoms with E-state index in [2.05, 4.69) is 10.2 Å². The third-order valence-electron chi connectivity index (χ3n) is 3.09. The predicted molar refractivity (Wildman–Crippen MR) is 77.0 cm³/mol. The van der Waals surface area contributed by atoms with Crippen molar-refractivity contribution in [2.75, 3.05) is 20.2 Å². The summed E-state index contributed by atoms with van der Waals surface area (Å²) in [5.74, 6) is 0.773. The Kier molecular flexibility index (Phi) is 4.40. The highest BCUT2D eigenvalue weighted by atomic mass is 16.5. The van der Waals surface area contributed by atoms with Gasteiger partial charge in [-0.1, -0.05) is 12.1 Å². The summed E-state index contributed by atoms with van der Waals surface area (Å²) in [6, 6.07) is 7.86. The molecule has 0 unspecified atom stereocenters. The summed E-state index contributed by atoms with van der Waals surface area (Å²) in [6.07, 6.45) is 1.55. The third-order valence-corrected chi connectivity index (χ3v) is 3.09. The second-order valence-electron chi connectivity index (χ2n) is 4.80. The first kappa shape index (κ1) is 14.1. The number of nitrogens with zero attached hydrogens (tertiary/aromatic N) is 2. The molecule has 5 nitrogen and oxygen atoms in total. The molecular formula is C15H19N3O2. The fourth-order valence-corrected chi connectivity index (χ4v) is 1.88. The summed E-state index contributed by atoms with van der Waals surface area (Å²) >= 11 is 0. The lowest BCUT2D eigenvalue weighted by molar-refractivity contribution is 0.0773. The summed E-state index contributed by atoms with van der Waals surface area (Å²) in [7, 11) is 1.76. The number of aromatic amines is 1. The molecule has 0 aliphatic rings. The van der Waals surface area contributed by atoms with Gasteiger partial charge in [-0.2, -0.15) is 5.10 Å². The fraction of sp³-hybridized carbons (Fsp3) is 0.333. The van der Waals surface area contributed by atoms with Crippen molar-refractivity contribution >= 4 is 5.91 Å². The third kappa shape index (κ3) is 3.38. The monoisotopic (exact) mass is 273 g/mol. The van der Waals surface area contributed by atoms with Gasteiger partial charge in [-0.15, -0.1) is 0 Å². The van der Waals surface area contributed by atoms with E-state index in [4.69, 9.17) is 4.74 Å². The van der Waals surface area contributed by atoms with E-state index in [0.717, 1.165) is 17.0 Å². The maximum atomic E-state index is 12.1. The molecule has 0 radical (unpaired) electrons. The standard InChI is InChI=1S/C15H19N3O2/c1-11-5-4-6-13(9-11)20-8-7-18(3)15(19)14-10-16-17-12(14)2/h4-6,9-10H,7-8H2,1-3H3,(H,16,17). The van der Waals surface area contributed by atoms with E-state index in [0.29, 0.717) is 18.7 Å². The van der Waals surface area contributed by atoms with Crippen LogP contribution in [0.4, 0.5) is 0 Å². The minimum atomic E-state index is -0.0518. The average Bonchev–Trinajstić information content (AvgIpc) is 2.84. The highest BCUT2D eigenvalue weighted by Crippen LogP contribution is 2.12. The zero-order valence-corrected chi connectivity index (χ0v) is 12.0. The molecule has 20 heavy (non-hydrogen) atoms. The Morgan fingerprint density at radius 3 is 2.85 bits per heavy atom. The molecule has 0 fully saturated rings. The van der Waals surface area contributed by atoms with E-state index in [1.165, 1.54) is 0 Å². The molecular weight excluding hydrogens is 254 g/mol. The SMILES string of the molecule is Cc1cccc(OCCN(C)C(=O)c2cn[nH]c2C)c1. The molecule has 1 N–H and O–H groups in total.